The smallest absolute Gasteiger partial charge is 0.163 e. The third-order valence-electron chi connectivity index (χ3n) is 2.32. The lowest BCUT2D eigenvalue weighted by molar-refractivity contribution is 0.272. The molecule has 1 rings (SSSR count). The molecule has 0 aliphatic carbocycles. The van der Waals surface area contributed by atoms with E-state index in [1.165, 1.54) is 7.11 Å². The summed E-state index contributed by atoms with van der Waals surface area (Å²) in [4.78, 5) is 0. The number of methoxy groups -OCH3 is 1. The van der Waals surface area contributed by atoms with Crippen molar-refractivity contribution in [3.8, 4) is 11.5 Å². The highest BCUT2D eigenvalue weighted by Gasteiger charge is 2.11. The maximum Gasteiger partial charge on any atom is 0.163 e. The van der Waals surface area contributed by atoms with Gasteiger partial charge in [0.25, 0.3) is 0 Å². The van der Waals surface area contributed by atoms with Crippen LogP contribution < -0.4 is 4.74 Å². The molecule has 0 saturated heterocycles. The largest absolute Gasteiger partial charge is 0.504 e. The van der Waals surface area contributed by atoms with E-state index in [1.807, 2.05) is 19.9 Å². The molecule has 0 fully saturated rings. The highest BCUT2D eigenvalue weighted by Crippen LogP contribution is 2.33. The van der Waals surface area contributed by atoms with Crippen molar-refractivity contribution in [3.05, 3.63) is 23.3 Å². The Morgan fingerprint density at radius 3 is 2.50 bits per heavy atom. The third kappa shape index (κ3) is 1.99. The molecule has 2 N–H and O–H groups in total. The van der Waals surface area contributed by atoms with Gasteiger partial charge in [0.2, 0.25) is 0 Å². The van der Waals surface area contributed by atoms with Crippen LogP contribution in [0.15, 0.2) is 12.1 Å². The maximum atomic E-state index is 9.61. The minimum absolute atomic E-state index is 0.0329. The molecule has 0 spiro atoms. The standard InChI is InChI=1S/C11H16O3/c1-7-4-9(8(2)6-12)5-10(13)11(7)14-3/h4-5,8,12-13H,6H2,1-3H3. The molecule has 0 radical (unpaired) electrons. The van der Waals surface area contributed by atoms with Crippen LogP contribution in [0.25, 0.3) is 0 Å². The second-order valence-corrected chi connectivity index (χ2v) is 3.47. The van der Waals surface area contributed by atoms with E-state index in [-0.39, 0.29) is 18.3 Å². The molecule has 1 aromatic carbocycles. The zero-order valence-electron chi connectivity index (χ0n) is 8.74. The van der Waals surface area contributed by atoms with E-state index in [0.29, 0.717) is 5.75 Å². The van der Waals surface area contributed by atoms with Crippen LogP contribution in [0.4, 0.5) is 0 Å². The van der Waals surface area contributed by atoms with Crippen LogP contribution in [0, 0.1) is 6.92 Å². The van der Waals surface area contributed by atoms with Crippen molar-refractivity contribution in [2.45, 2.75) is 19.8 Å². The summed E-state index contributed by atoms with van der Waals surface area (Å²) in [5.74, 6) is 0.659. The average Bonchev–Trinajstić information content (AvgIpc) is 2.16. The molecule has 0 aromatic heterocycles. The van der Waals surface area contributed by atoms with Gasteiger partial charge in [0.15, 0.2) is 11.5 Å². The molecular formula is C11H16O3. The van der Waals surface area contributed by atoms with Crippen LogP contribution in [-0.2, 0) is 0 Å². The minimum Gasteiger partial charge on any atom is -0.504 e. The van der Waals surface area contributed by atoms with Gasteiger partial charge in [-0.3, -0.25) is 0 Å². The first-order chi connectivity index (χ1) is 6.60. The van der Waals surface area contributed by atoms with Gasteiger partial charge >= 0.3 is 0 Å². The first-order valence-corrected chi connectivity index (χ1v) is 4.58. The molecular weight excluding hydrogens is 180 g/mol. The molecule has 0 saturated carbocycles. The van der Waals surface area contributed by atoms with Crippen LogP contribution in [0.3, 0.4) is 0 Å². The normalized spacial score (nSPS) is 12.6. The van der Waals surface area contributed by atoms with Gasteiger partial charge in [0, 0.05) is 12.5 Å². The van der Waals surface area contributed by atoms with Crippen molar-refractivity contribution in [1.29, 1.82) is 0 Å². The monoisotopic (exact) mass is 196 g/mol. The van der Waals surface area contributed by atoms with Gasteiger partial charge in [-0.2, -0.15) is 0 Å². The van der Waals surface area contributed by atoms with Crippen LogP contribution in [-0.4, -0.2) is 23.9 Å². The van der Waals surface area contributed by atoms with Crippen LogP contribution in [0.2, 0.25) is 0 Å². The highest BCUT2D eigenvalue weighted by atomic mass is 16.5. The molecule has 3 heteroatoms. The second kappa shape index (κ2) is 4.33. The molecule has 3 nitrogen and oxygen atoms in total. The Morgan fingerprint density at radius 2 is 2.07 bits per heavy atom. The number of phenolic OH excluding ortho intramolecular Hbond substituents is 1. The predicted octanol–water partition coefficient (Wildman–Crippen LogP) is 1.81. The van der Waals surface area contributed by atoms with E-state index < -0.39 is 0 Å². The fourth-order valence-corrected chi connectivity index (χ4v) is 1.44. The van der Waals surface area contributed by atoms with Crippen molar-refractivity contribution in [3.63, 3.8) is 0 Å². The van der Waals surface area contributed by atoms with Gasteiger partial charge in [0.1, 0.15) is 0 Å². The Bertz CT molecular complexity index is 297. The van der Waals surface area contributed by atoms with E-state index in [9.17, 15) is 5.11 Å². The van der Waals surface area contributed by atoms with E-state index >= 15 is 0 Å². The molecule has 0 heterocycles. The van der Waals surface area contributed by atoms with Crippen molar-refractivity contribution in [2.75, 3.05) is 13.7 Å². The molecule has 1 unspecified atom stereocenters. The number of ether oxygens (including phenoxy) is 1. The van der Waals surface area contributed by atoms with E-state index in [2.05, 4.69) is 0 Å². The number of aliphatic hydroxyl groups is 1. The summed E-state index contributed by atoms with van der Waals surface area (Å²) < 4.78 is 5.03. The summed E-state index contributed by atoms with van der Waals surface area (Å²) in [6.45, 7) is 3.85. The van der Waals surface area contributed by atoms with E-state index in [1.54, 1.807) is 6.07 Å². The first kappa shape index (κ1) is 10.9. The molecule has 0 bridgehead atoms. The summed E-state index contributed by atoms with van der Waals surface area (Å²) >= 11 is 0. The number of hydrogen-bond donors (Lipinski definition) is 2. The van der Waals surface area contributed by atoms with Gasteiger partial charge in [-0.1, -0.05) is 13.0 Å². The zero-order valence-corrected chi connectivity index (χ0v) is 8.74. The van der Waals surface area contributed by atoms with Gasteiger partial charge in [-0.25, -0.2) is 0 Å². The Balaban J connectivity index is 3.13. The topological polar surface area (TPSA) is 49.7 Å². The van der Waals surface area contributed by atoms with Crippen LogP contribution in [0.5, 0.6) is 11.5 Å². The van der Waals surface area contributed by atoms with E-state index in [0.717, 1.165) is 11.1 Å². The molecule has 1 aromatic rings. The van der Waals surface area contributed by atoms with Gasteiger partial charge in [0.05, 0.1) is 7.11 Å². The van der Waals surface area contributed by atoms with Gasteiger partial charge in [-0.05, 0) is 24.1 Å². The Labute approximate surface area is 84.0 Å². The number of benzene rings is 1. The minimum atomic E-state index is 0.0329. The number of aromatic hydroxyl groups is 1. The number of aliphatic hydroxyl groups excluding tert-OH is 1. The highest BCUT2D eigenvalue weighted by molar-refractivity contribution is 5.48. The predicted molar refractivity (Wildman–Crippen MR) is 54.9 cm³/mol. The van der Waals surface area contributed by atoms with Crippen molar-refractivity contribution in [1.82, 2.24) is 0 Å². The van der Waals surface area contributed by atoms with Crippen molar-refractivity contribution < 1.29 is 14.9 Å². The molecule has 0 amide bonds. The lowest BCUT2D eigenvalue weighted by Crippen LogP contribution is -2.00. The van der Waals surface area contributed by atoms with E-state index in [4.69, 9.17) is 9.84 Å². The maximum absolute atomic E-state index is 9.61. The summed E-state index contributed by atoms with van der Waals surface area (Å²) in [7, 11) is 1.52. The Kier molecular flexibility index (Phi) is 3.36. The average molecular weight is 196 g/mol. The zero-order chi connectivity index (χ0) is 10.7. The molecule has 78 valence electrons. The number of hydrogen-bond acceptors (Lipinski definition) is 3. The lowest BCUT2D eigenvalue weighted by atomic mass is 9.99. The van der Waals surface area contributed by atoms with Crippen molar-refractivity contribution >= 4 is 0 Å². The molecule has 0 aliphatic heterocycles. The summed E-state index contributed by atoms with van der Waals surface area (Å²) in [6.07, 6.45) is 0. The molecule has 14 heavy (non-hydrogen) atoms. The van der Waals surface area contributed by atoms with Gasteiger partial charge < -0.3 is 14.9 Å². The summed E-state index contributed by atoms with van der Waals surface area (Å²) in [5, 5.41) is 18.6. The second-order valence-electron chi connectivity index (χ2n) is 3.47. The lowest BCUT2D eigenvalue weighted by Gasteiger charge is -2.13. The quantitative estimate of drug-likeness (QED) is 0.775. The number of aryl methyl sites for hydroxylation is 1. The molecule has 0 aliphatic rings. The van der Waals surface area contributed by atoms with Crippen LogP contribution >= 0.6 is 0 Å². The number of phenols is 1. The third-order valence-corrected chi connectivity index (χ3v) is 2.32. The first-order valence-electron chi connectivity index (χ1n) is 4.58. The molecule has 1 atom stereocenters. The van der Waals surface area contributed by atoms with Gasteiger partial charge in [-0.15, -0.1) is 0 Å². The summed E-state index contributed by atoms with van der Waals surface area (Å²) in [5.41, 5.74) is 1.80. The summed E-state index contributed by atoms with van der Waals surface area (Å²) in [6, 6.07) is 3.55. The fourth-order valence-electron chi connectivity index (χ4n) is 1.44. The van der Waals surface area contributed by atoms with Crippen molar-refractivity contribution in [2.24, 2.45) is 0 Å². The van der Waals surface area contributed by atoms with Crippen LogP contribution in [0.1, 0.15) is 24.0 Å². The number of rotatable bonds is 3. The Morgan fingerprint density at radius 1 is 1.43 bits per heavy atom. The Hall–Kier alpha value is -1.22. The fraction of sp³-hybridized carbons (Fsp3) is 0.455. The SMILES string of the molecule is COc1c(C)cc(C(C)CO)cc1O.